The van der Waals surface area contributed by atoms with Gasteiger partial charge in [0.25, 0.3) is 47.8 Å². The second-order valence-corrected chi connectivity index (χ2v) is 35.3. The molecule has 27 nitrogen and oxygen atoms in total. The monoisotopic (exact) mass is 1310 g/mol. The van der Waals surface area contributed by atoms with Gasteiger partial charge in [-0.1, -0.05) is 20.8 Å². The summed E-state index contributed by atoms with van der Waals surface area (Å²) in [7, 11) is -23.8. The smallest absolute Gasteiger partial charge is 0.303 e. The maximum absolute atomic E-state index is 12.6. The molecule has 36 heteroatoms. The summed E-state index contributed by atoms with van der Waals surface area (Å²) in [6, 6.07) is 2.97. The number of rotatable bonds is 18. The minimum atomic E-state index is -4.30. The normalized spacial score (nSPS) is 22.5. The van der Waals surface area contributed by atoms with Crippen LogP contribution < -0.4 is 30.1 Å². The van der Waals surface area contributed by atoms with Crippen molar-refractivity contribution in [3.63, 3.8) is 0 Å². The Bertz CT molecular complexity index is 3220. The molecule has 0 bridgehead atoms. The number of carbonyl (C=O) groups excluding carboxylic acids is 6. The summed E-state index contributed by atoms with van der Waals surface area (Å²) >= 11 is 1.84. The van der Waals surface area contributed by atoms with Gasteiger partial charge in [-0.15, -0.1) is 34.0 Å². The number of esters is 3. The van der Waals surface area contributed by atoms with Crippen LogP contribution in [0.2, 0.25) is 0 Å². The lowest BCUT2D eigenvalue weighted by Gasteiger charge is -2.27. The summed E-state index contributed by atoms with van der Waals surface area (Å²) in [5.41, 5.74) is 1.17. The Morgan fingerprint density at radius 1 is 0.469 bits per heavy atom. The van der Waals surface area contributed by atoms with Gasteiger partial charge in [0.05, 0.1) is 15.7 Å². The zero-order valence-electron chi connectivity index (χ0n) is 45.9. The maximum Gasteiger partial charge on any atom is 0.303 e. The minimum Gasteiger partial charge on any atom is -0.453 e. The standard InChI is InChI=1S/3C15H22N2O7S3/c3*1-5-16-12-6-8(2)26(20,21)15-11(12)7-13(25-15)27(22,23)17-14(19)9(3)24-10(4)18/h3*7-9,12,16H,5-6H2,1-4H3,(H,17,19)/t3*8-,9?,12-/m000/s1. The van der Waals surface area contributed by atoms with E-state index in [2.05, 4.69) is 30.2 Å². The Morgan fingerprint density at radius 3 is 0.864 bits per heavy atom. The van der Waals surface area contributed by atoms with Crippen LogP contribution in [-0.4, -0.2) is 140 Å². The molecule has 3 unspecified atom stereocenters. The average Bonchev–Trinajstić information content (AvgIpc) is 4.12. The van der Waals surface area contributed by atoms with Crippen LogP contribution in [0.25, 0.3) is 0 Å². The van der Waals surface area contributed by atoms with Gasteiger partial charge in [-0.05, 0) is 98.6 Å². The van der Waals surface area contributed by atoms with Gasteiger partial charge in [0.15, 0.2) is 47.8 Å². The molecule has 0 aromatic carbocycles. The number of fused-ring (bicyclic) bond motifs is 3. The first-order valence-corrected chi connectivity index (χ1v) is 36.3. The molecular weight excluding hydrogens is 1250 g/mol. The van der Waals surface area contributed by atoms with E-state index in [1.54, 1.807) is 20.8 Å². The van der Waals surface area contributed by atoms with E-state index in [0.717, 1.165) is 20.8 Å². The van der Waals surface area contributed by atoms with Gasteiger partial charge in [0.1, 0.15) is 25.3 Å². The molecule has 0 saturated heterocycles. The van der Waals surface area contributed by atoms with Crippen molar-refractivity contribution in [2.24, 2.45) is 0 Å². The van der Waals surface area contributed by atoms with E-state index < -0.39 is 129 Å². The predicted octanol–water partition coefficient (Wildman–Crippen LogP) is 2.16. The van der Waals surface area contributed by atoms with E-state index in [0.29, 0.717) is 89.6 Å². The van der Waals surface area contributed by atoms with Crippen LogP contribution in [0.15, 0.2) is 43.5 Å². The highest BCUT2D eigenvalue weighted by atomic mass is 32.3. The van der Waals surface area contributed by atoms with Crippen LogP contribution in [0.1, 0.15) is 137 Å². The lowest BCUT2D eigenvalue weighted by atomic mass is 10.1. The first kappa shape index (κ1) is 69.0. The van der Waals surface area contributed by atoms with Crippen molar-refractivity contribution in [3.05, 3.63) is 34.9 Å². The molecule has 0 saturated carbocycles. The van der Waals surface area contributed by atoms with E-state index in [-0.39, 0.29) is 43.4 Å². The largest absolute Gasteiger partial charge is 0.453 e. The molecule has 81 heavy (non-hydrogen) atoms. The molecule has 3 amide bonds. The van der Waals surface area contributed by atoms with Crippen molar-refractivity contribution < 1.29 is 93.5 Å². The fourth-order valence-electron chi connectivity index (χ4n) is 8.22. The van der Waals surface area contributed by atoms with Gasteiger partial charge in [-0.2, -0.15) is 0 Å². The molecule has 0 fully saturated rings. The molecule has 6 rings (SSSR count). The summed E-state index contributed by atoms with van der Waals surface area (Å²) in [6.07, 6.45) is -2.92. The number of amides is 3. The van der Waals surface area contributed by atoms with Crippen LogP contribution in [-0.2, 0) is 103 Å². The predicted molar refractivity (Wildman–Crippen MR) is 296 cm³/mol. The lowest BCUT2D eigenvalue weighted by Crippen LogP contribution is -2.39. The number of ether oxygens (including phenoxy) is 3. The van der Waals surface area contributed by atoms with E-state index in [4.69, 9.17) is 0 Å². The maximum atomic E-state index is 12.6. The van der Waals surface area contributed by atoms with Gasteiger partial charge in [0, 0.05) is 55.6 Å². The summed E-state index contributed by atoms with van der Waals surface area (Å²) < 4.78 is 169. The highest BCUT2D eigenvalue weighted by Gasteiger charge is 2.43. The van der Waals surface area contributed by atoms with Crippen molar-refractivity contribution in [3.8, 4) is 0 Å². The van der Waals surface area contributed by atoms with Crippen LogP contribution in [0.4, 0.5) is 0 Å². The molecule has 0 spiro atoms. The summed E-state index contributed by atoms with van der Waals surface area (Å²) in [5.74, 6) is -5.23. The third-order valence-electron chi connectivity index (χ3n) is 12.3. The molecule has 6 heterocycles. The molecule has 3 aromatic rings. The van der Waals surface area contributed by atoms with Gasteiger partial charge >= 0.3 is 17.9 Å². The zero-order chi connectivity index (χ0) is 61.7. The molecule has 456 valence electrons. The molecule has 3 aliphatic rings. The number of sulfone groups is 3. The highest BCUT2D eigenvalue weighted by Crippen LogP contribution is 2.45. The van der Waals surface area contributed by atoms with E-state index >= 15 is 0 Å². The number of hydrogen-bond acceptors (Lipinski definition) is 27. The second-order valence-electron chi connectivity index (χ2n) is 18.7. The number of carbonyl (C=O) groups is 6. The summed E-state index contributed by atoms with van der Waals surface area (Å²) in [5, 5.41) is 7.52. The van der Waals surface area contributed by atoms with Crippen molar-refractivity contribution >= 4 is 129 Å². The first-order valence-electron chi connectivity index (χ1n) is 24.7. The zero-order valence-corrected chi connectivity index (χ0v) is 53.3. The Morgan fingerprint density at radius 2 is 0.679 bits per heavy atom. The van der Waals surface area contributed by atoms with Crippen molar-refractivity contribution in [1.29, 1.82) is 0 Å². The Balaban J connectivity index is 0.000000261. The van der Waals surface area contributed by atoms with Gasteiger partial charge in [-0.3, -0.25) is 28.8 Å². The van der Waals surface area contributed by atoms with Gasteiger partial charge < -0.3 is 30.2 Å². The Hall–Kier alpha value is -4.50. The fraction of sp³-hybridized carbons (Fsp3) is 0.600. The van der Waals surface area contributed by atoms with Crippen molar-refractivity contribution in [1.82, 2.24) is 30.1 Å². The number of sulfonamides is 3. The van der Waals surface area contributed by atoms with Crippen LogP contribution in [0.3, 0.4) is 0 Å². The first-order chi connectivity index (χ1) is 37.2. The van der Waals surface area contributed by atoms with Gasteiger partial charge in [-0.25, -0.2) is 64.7 Å². The molecule has 3 aromatic heterocycles. The van der Waals surface area contributed by atoms with Crippen LogP contribution >= 0.6 is 34.0 Å². The third-order valence-corrected chi connectivity index (χ3v) is 29.4. The Kier molecular flexibility index (Phi) is 23.0. The van der Waals surface area contributed by atoms with Crippen LogP contribution in [0.5, 0.6) is 0 Å². The average molecular weight is 1320 g/mol. The fourth-order valence-corrected chi connectivity index (χ4v) is 23.3. The van der Waals surface area contributed by atoms with E-state index in [9.17, 15) is 79.3 Å². The Labute approximate surface area is 483 Å². The van der Waals surface area contributed by atoms with Crippen LogP contribution in [0, 0.1) is 0 Å². The lowest BCUT2D eigenvalue weighted by molar-refractivity contribution is -0.152. The molecular formula is C45H66N6O21S9. The quantitative estimate of drug-likeness (QED) is 0.0785. The number of hydrogen-bond donors (Lipinski definition) is 6. The van der Waals surface area contributed by atoms with E-state index in [1.807, 2.05) is 34.9 Å². The second kappa shape index (κ2) is 27.0. The number of nitrogens with one attached hydrogen (secondary N) is 6. The molecule has 0 aliphatic carbocycles. The number of thiophene rings is 3. The van der Waals surface area contributed by atoms with Crippen molar-refractivity contribution in [2.45, 2.75) is 180 Å². The molecule has 9 atom stereocenters. The molecule has 0 radical (unpaired) electrons. The van der Waals surface area contributed by atoms with Crippen molar-refractivity contribution in [2.75, 3.05) is 19.6 Å². The highest BCUT2D eigenvalue weighted by molar-refractivity contribution is 7.97. The third kappa shape index (κ3) is 16.4. The van der Waals surface area contributed by atoms with E-state index in [1.165, 1.54) is 39.0 Å². The SMILES string of the molecule is CCN[C@H]1C[C@H](C)S(=O)(=O)c2sc(S(=O)(=O)NC(=O)C(C)OC(C)=O)cc21.CCN[C@H]1C[C@H](C)S(=O)(=O)c2sc(S(=O)(=O)NC(=O)C(C)OC(C)=O)cc21.CCN[C@H]1C[C@H](C)S(=O)(=O)c2sc(S(=O)(=O)NC(=O)C(C)OC(C)=O)cc21. The molecule has 3 aliphatic heterocycles. The summed E-state index contributed by atoms with van der Waals surface area (Å²) in [6.45, 7) is 19.1. The molecule has 6 N–H and O–H groups in total. The minimum absolute atomic E-state index is 0.00643. The summed E-state index contributed by atoms with van der Waals surface area (Å²) in [4.78, 5) is 68.6. The topological polar surface area (TPSA) is 407 Å². The van der Waals surface area contributed by atoms with Gasteiger partial charge in [0.2, 0.25) is 0 Å².